The number of rotatable bonds is 5. The van der Waals surface area contributed by atoms with Crippen LogP contribution in [0.3, 0.4) is 0 Å². The topological polar surface area (TPSA) is 111 Å². The van der Waals surface area contributed by atoms with E-state index in [1.54, 1.807) is 30.3 Å². The lowest BCUT2D eigenvalue weighted by atomic mass is 10.2. The number of para-hydroxylation sites is 2. The molecular formula is C19H14ClN3O5. The molecule has 2 aromatic carbocycles. The molecular weight excluding hydrogens is 386 g/mol. The maximum absolute atomic E-state index is 11.8. The van der Waals surface area contributed by atoms with Crippen molar-refractivity contribution in [1.82, 2.24) is 15.8 Å². The van der Waals surface area contributed by atoms with E-state index in [0.29, 0.717) is 21.7 Å². The van der Waals surface area contributed by atoms with Gasteiger partial charge in [-0.25, -0.2) is 9.78 Å². The molecule has 2 N–H and O–H groups in total. The van der Waals surface area contributed by atoms with Crippen molar-refractivity contribution < 1.29 is 23.5 Å². The van der Waals surface area contributed by atoms with E-state index in [1.807, 2.05) is 6.07 Å². The van der Waals surface area contributed by atoms with Crippen LogP contribution in [0.25, 0.3) is 17.2 Å². The number of fused-ring (bicyclic) bond motifs is 1. The molecule has 0 fully saturated rings. The van der Waals surface area contributed by atoms with E-state index in [-0.39, 0.29) is 5.89 Å². The number of amides is 2. The van der Waals surface area contributed by atoms with Gasteiger partial charge in [0.1, 0.15) is 5.52 Å². The van der Waals surface area contributed by atoms with Gasteiger partial charge in [0, 0.05) is 22.7 Å². The summed E-state index contributed by atoms with van der Waals surface area (Å²) in [5, 5.41) is 0.485. The van der Waals surface area contributed by atoms with E-state index in [1.165, 1.54) is 18.2 Å². The van der Waals surface area contributed by atoms with Crippen LogP contribution in [0.4, 0.5) is 0 Å². The first-order valence-corrected chi connectivity index (χ1v) is 8.44. The lowest BCUT2D eigenvalue weighted by Crippen LogP contribution is -2.43. The lowest BCUT2D eigenvalue weighted by molar-refractivity contribution is -0.144. The van der Waals surface area contributed by atoms with Gasteiger partial charge in [0.25, 0.3) is 11.8 Å². The predicted molar refractivity (Wildman–Crippen MR) is 101 cm³/mol. The van der Waals surface area contributed by atoms with Gasteiger partial charge in [-0.3, -0.25) is 20.4 Å². The Labute approximate surface area is 164 Å². The zero-order valence-electron chi connectivity index (χ0n) is 14.3. The highest BCUT2D eigenvalue weighted by atomic mass is 35.5. The quantitative estimate of drug-likeness (QED) is 0.387. The smallest absolute Gasteiger partial charge is 0.331 e. The molecule has 3 aromatic rings. The van der Waals surface area contributed by atoms with Gasteiger partial charge in [-0.15, -0.1) is 0 Å². The molecule has 0 bridgehead atoms. The first-order valence-electron chi connectivity index (χ1n) is 8.06. The normalized spacial score (nSPS) is 10.8. The van der Waals surface area contributed by atoms with Crippen LogP contribution in [0.15, 0.2) is 59.0 Å². The Balaban J connectivity index is 1.42. The number of carbonyl (C=O) groups is 3. The summed E-state index contributed by atoms with van der Waals surface area (Å²) in [6.45, 7) is -0.572. The molecule has 142 valence electrons. The van der Waals surface area contributed by atoms with E-state index in [2.05, 4.69) is 15.8 Å². The van der Waals surface area contributed by atoms with Gasteiger partial charge < -0.3 is 9.15 Å². The standard InChI is InChI=1S/C19H14ClN3O5/c20-13-7-5-12(6-8-13)19(26)23-22-16(24)11-27-18(25)10-9-17-21-14-3-1-2-4-15(14)28-17/h1-10H,11H2,(H,22,24)(H,23,26)/b10-9+. The SMILES string of the molecule is O=C(COC(=O)/C=C/c1nc2ccccc2o1)NNC(=O)c1ccc(Cl)cc1. The highest BCUT2D eigenvalue weighted by molar-refractivity contribution is 6.30. The minimum atomic E-state index is -0.763. The fourth-order valence-corrected chi connectivity index (χ4v) is 2.25. The average molecular weight is 400 g/mol. The van der Waals surface area contributed by atoms with E-state index >= 15 is 0 Å². The number of carbonyl (C=O) groups excluding carboxylic acids is 3. The molecule has 3 rings (SSSR count). The highest BCUT2D eigenvalue weighted by Gasteiger charge is 2.09. The number of hydrazine groups is 1. The Bertz CT molecular complexity index is 1010. The van der Waals surface area contributed by atoms with Gasteiger partial charge in [-0.1, -0.05) is 23.7 Å². The number of benzene rings is 2. The summed E-state index contributed by atoms with van der Waals surface area (Å²) in [6, 6.07) is 13.2. The molecule has 1 aromatic heterocycles. The molecule has 0 spiro atoms. The summed E-state index contributed by atoms with van der Waals surface area (Å²) in [7, 11) is 0. The second kappa shape index (κ2) is 8.83. The summed E-state index contributed by atoms with van der Waals surface area (Å²) in [5.41, 5.74) is 5.89. The van der Waals surface area contributed by atoms with Crippen LogP contribution in [0.2, 0.25) is 5.02 Å². The van der Waals surface area contributed by atoms with Crippen LogP contribution in [0, 0.1) is 0 Å². The number of oxazole rings is 1. The van der Waals surface area contributed by atoms with Crippen LogP contribution in [0.5, 0.6) is 0 Å². The van der Waals surface area contributed by atoms with Crippen molar-refractivity contribution >= 4 is 46.6 Å². The molecule has 0 radical (unpaired) electrons. The summed E-state index contributed by atoms with van der Waals surface area (Å²) >= 11 is 5.73. The van der Waals surface area contributed by atoms with Crippen molar-refractivity contribution in [3.8, 4) is 0 Å². The third-order valence-corrected chi connectivity index (χ3v) is 3.69. The predicted octanol–water partition coefficient (Wildman–Crippen LogP) is 2.50. The maximum atomic E-state index is 11.8. The fourth-order valence-electron chi connectivity index (χ4n) is 2.12. The second-order valence-electron chi connectivity index (χ2n) is 5.47. The fraction of sp³-hybridized carbons (Fsp3) is 0.0526. The molecule has 0 aliphatic carbocycles. The van der Waals surface area contributed by atoms with Gasteiger partial charge in [0.05, 0.1) is 0 Å². The Morgan fingerprint density at radius 1 is 1.07 bits per heavy atom. The minimum absolute atomic E-state index is 0.234. The maximum Gasteiger partial charge on any atom is 0.331 e. The molecule has 8 nitrogen and oxygen atoms in total. The first kappa shape index (κ1) is 19.1. The number of halogens is 1. The highest BCUT2D eigenvalue weighted by Crippen LogP contribution is 2.15. The zero-order valence-corrected chi connectivity index (χ0v) is 15.1. The molecule has 0 saturated carbocycles. The van der Waals surface area contributed by atoms with E-state index < -0.39 is 24.4 Å². The molecule has 0 atom stereocenters. The van der Waals surface area contributed by atoms with Crippen molar-refractivity contribution in [2.45, 2.75) is 0 Å². The van der Waals surface area contributed by atoms with Crippen molar-refractivity contribution in [3.05, 3.63) is 71.1 Å². The van der Waals surface area contributed by atoms with E-state index in [0.717, 1.165) is 6.08 Å². The van der Waals surface area contributed by atoms with Gasteiger partial charge >= 0.3 is 5.97 Å². The summed E-state index contributed by atoms with van der Waals surface area (Å²) < 4.78 is 10.2. The van der Waals surface area contributed by atoms with Crippen LogP contribution < -0.4 is 10.9 Å². The lowest BCUT2D eigenvalue weighted by Gasteiger charge is -2.07. The van der Waals surface area contributed by atoms with E-state index in [4.69, 9.17) is 20.8 Å². The van der Waals surface area contributed by atoms with Crippen LogP contribution in [-0.4, -0.2) is 29.4 Å². The number of ether oxygens (including phenoxy) is 1. The van der Waals surface area contributed by atoms with Crippen LogP contribution in [-0.2, 0) is 14.3 Å². The average Bonchev–Trinajstić information content (AvgIpc) is 3.12. The van der Waals surface area contributed by atoms with Crippen molar-refractivity contribution in [2.75, 3.05) is 6.61 Å². The summed E-state index contributed by atoms with van der Waals surface area (Å²) in [5.74, 6) is -1.77. The number of hydrogen-bond donors (Lipinski definition) is 2. The van der Waals surface area contributed by atoms with E-state index in [9.17, 15) is 14.4 Å². The van der Waals surface area contributed by atoms with Gasteiger partial charge in [0.15, 0.2) is 12.2 Å². The number of nitrogens with zero attached hydrogens (tertiary/aromatic N) is 1. The molecule has 0 saturated heterocycles. The molecule has 1 heterocycles. The zero-order chi connectivity index (χ0) is 19.9. The first-order chi connectivity index (χ1) is 13.5. The molecule has 28 heavy (non-hydrogen) atoms. The minimum Gasteiger partial charge on any atom is -0.452 e. The number of esters is 1. The third-order valence-electron chi connectivity index (χ3n) is 3.44. The molecule has 0 aliphatic heterocycles. The van der Waals surface area contributed by atoms with Crippen LogP contribution in [0.1, 0.15) is 16.2 Å². The van der Waals surface area contributed by atoms with Gasteiger partial charge in [-0.05, 0) is 36.4 Å². The number of hydrogen-bond acceptors (Lipinski definition) is 6. The largest absolute Gasteiger partial charge is 0.452 e. The number of aromatic nitrogens is 1. The monoisotopic (exact) mass is 399 g/mol. The Hall–Kier alpha value is -3.65. The molecule has 2 amide bonds. The van der Waals surface area contributed by atoms with Crippen molar-refractivity contribution in [2.24, 2.45) is 0 Å². The molecule has 9 heteroatoms. The third kappa shape index (κ3) is 5.18. The summed E-state index contributed by atoms with van der Waals surface area (Å²) in [6.07, 6.45) is 2.42. The summed E-state index contributed by atoms with van der Waals surface area (Å²) in [4.78, 5) is 39.3. The number of nitrogens with one attached hydrogen (secondary N) is 2. The second-order valence-corrected chi connectivity index (χ2v) is 5.91. The van der Waals surface area contributed by atoms with Crippen molar-refractivity contribution in [3.63, 3.8) is 0 Å². The Morgan fingerprint density at radius 2 is 1.82 bits per heavy atom. The Kier molecular flexibility index (Phi) is 6.03. The van der Waals surface area contributed by atoms with Crippen molar-refractivity contribution in [1.29, 1.82) is 0 Å². The van der Waals surface area contributed by atoms with Gasteiger partial charge in [-0.2, -0.15) is 0 Å². The Morgan fingerprint density at radius 3 is 2.57 bits per heavy atom. The van der Waals surface area contributed by atoms with Crippen LogP contribution >= 0.6 is 11.6 Å². The molecule has 0 aliphatic rings. The van der Waals surface area contributed by atoms with Gasteiger partial charge in [0.2, 0.25) is 5.89 Å². The molecule has 0 unspecified atom stereocenters.